The van der Waals surface area contributed by atoms with E-state index in [9.17, 15) is 4.79 Å². The van der Waals surface area contributed by atoms with Crippen LogP contribution in [0.25, 0.3) is 0 Å². The Morgan fingerprint density at radius 3 is 2.59 bits per heavy atom. The van der Waals surface area contributed by atoms with Gasteiger partial charge in [-0.05, 0) is 57.7 Å². The lowest BCUT2D eigenvalue weighted by Gasteiger charge is -2.25. The predicted octanol–water partition coefficient (Wildman–Crippen LogP) is 1.39. The third kappa shape index (κ3) is 5.48. The van der Waals surface area contributed by atoms with E-state index in [2.05, 4.69) is 31.6 Å². The normalized spacial score (nSPS) is 15.1. The summed E-state index contributed by atoms with van der Waals surface area (Å²) in [4.78, 5) is 22.8. The Morgan fingerprint density at radius 1 is 1.22 bits per heavy atom. The minimum absolute atomic E-state index is 0.336. The molecule has 0 bridgehead atoms. The summed E-state index contributed by atoms with van der Waals surface area (Å²) in [5, 5.41) is 6.82. The fraction of sp³-hybridized carbons (Fsp3) is 0.450. The highest BCUT2D eigenvalue weighted by Gasteiger charge is 2.17. The molecule has 2 aromatic rings. The number of hydrogen-bond acceptors (Lipinski definition) is 6. The molecule has 4 N–H and O–H groups in total. The maximum Gasteiger partial charge on any atom is 0.252 e. The van der Waals surface area contributed by atoms with E-state index in [-0.39, 0.29) is 0 Å². The molecule has 7 heteroatoms. The summed E-state index contributed by atoms with van der Waals surface area (Å²) in [6.07, 6.45) is 6.13. The number of nitrogens with two attached hydrogens (primary N) is 1. The van der Waals surface area contributed by atoms with Crippen molar-refractivity contribution >= 4 is 11.6 Å². The standard InChI is InChI=1S/C20H28N6O/c1-26(2)13-14-3-4-16(23-11-14)9-17-10-19(18(12-24-17)20(21)27)25-15-5-7-22-8-6-15/h3-4,10-12,15,22H,5-9,13H2,1-2H3,(H2,21,27)(H,24,25). The molecule has 3 rings (SSSR count). The zero-order valence-electron chi connectivity index (χ0n) is 16.0. The van der Waals surface area contributed by atoms with Crippen LogP contribution in [0, 0.1) is 0 Å². The van der Waals surface area contributed by atoms with Crippen LogP contribution in [0.15, 0.2) is 30.6 Å². The van der Waals surface area contributed by atoms with E-state index in [1.54, 1.807) is 6.20 Å². The van der Waals surface area contributed by atoms with Crippen molar-refractivity contribution in [2.45, 2.75) is 31.8 Å². The molecule has 27 heavy (non-hydrogen) atoms. The molecule has 0 saturated carbocycles. The highest BCUT2D eigenvalue weighted by atomic mass is 16.1. The van der Waals surface area contributed by atoms with Crippen LogP contribution in [0.1, 0.15) is 40.2 Å². The number of piperidine rings is 1. The summed E-state index contributed by atoms with van der Waals surface area (Å²) >= 11 is 0. The third-order valence-corrected chi connectivity index (χ3v) is 4.67. The Morgan fingerprint density at radius 2 is 1.96 bits per heavy atom. The van der Waals surface area contributed by atoms with Crippen LogP contribution < -0.4 is 16.4 Å². The van der Waals surface area contributed by atoms with Gasteiger partial charge in [0.05, 0.1) is 11.3 Å². The maximum absolute atomic E-state index is 11.8. The fourth-order valence-electron chi connectivity index (χ4n) is 3.30. The topological polar surface area (TPSA) is 96.2 Å². The molecule has 1 aliphatic heterocycles. The average molecular weight is 368 g/mol. The van der Waals surface area contributed by atoms with Gasteiger partial charge in [-0.25, -0.2) is 0 Å². The van der Waals surface area contributed by atoms with Gasteiger partial charge in [-0.15, -0.1) is 0 Å². The minimum Gasteiger partial charge on any atom is -0.381 e. The second kappa shape index (κ2) is 8.92. The van der Waals surface area contributed by atoms with Crippen molar-refractivity contribution in [3.05, 3.63) is 53.1 Å². The van der Waals surface area contributed by atoms with E-state index in [0.29, 0.717) is 18.0 Å². The maximum atomic E-state index is 11.8. The minimum atomic E-state index is -0.461. The van der Waals surface area contributed by atoms with Crippen LogP contribution in [-0.2, 0) is 13.0 Å². The number of hydrogen-bond donors (Lipinski definition) is 3. The van der Waals surface area contributed by atoms with Crippen molar-refractivity contribution in [3.63, 3.8) is 0 Å². The van der Waals surface area contributed by atoms with E-state index in [1.165, 1.54) is 5.56 Å². The molecule has 0 aliphatic carbocycles. The van der Waals surface area contributed by atoms with Crippen LogP contribution in [0.3, 0.4) is 0 Å². The van der Waals surface area contributed by atoms with Gasteiger partial charge in [0.2, 0.25) is 0 Å². The first kappa shape index (κ1) is 19.3. The number of primary amides is 1. The molecular weight excluding hydrogens is 340 g/mol. The van der Waals surface area contributed by atoms with Crippen LogP contribution >= 0.6 is 0 Å². The van der Waals surface area contributed by atoms with E-state index in [1.807, 2.05) is 32.4 Å². The Hall–Kier alpha value is -2.51. The molecule has 3 heterocycles. The van der Waals surface area contributed by atoms with Crippen molar-refractivity contribution in [2.24, 2.45) is 5.73 Å². The highest BCUT2D eigenvalue weighted by Crippen LogP contribution is 2.20. The molecule has 144 valence electrons. The van der Waals surface area contributed by atoms with Crippen LogP contribution in [0.2, 0.25) is 0 Å². The van der Waals surface area contributed by atoms with Gasteiger partial charge in [0.15, 0.2) is 0 Å². The molecule has 7 nitrogen and oxygen atoms in total. The van der Waals surface area contributed by atoms with Crippen molar-refractivity contribution < 1.29 is 4.79 Å². The van der Waals surface area contributed by atoms with Gasteiger partial charge in [-0.2, -0.15) is 0 Å². The summed E-state index contributed by atoms with van der Waals surface area (Å²) in [5.41, 5.74) is 9.72. The first-order chi connectivity index (χ1) is 13.0. The Bertz CT molecular complexity index is 769. The lowest BCUT2D eigenvalue weighted by atomic mass is 10.0. The molecule has 0 aromatic carbocycles. The highest BCUT2D eigenvalue weighted by molar-refractivity contribution is 5.98. The Labute approximate surface area is 160 Å². The number of nitrogens with one attached hydrogen (secondary N) is 2. The molecule has 0 spiro atoms. The van der Waals surface area contributed by atoms with Crippen molar-refractivity contribution in [1.82, 2.24) is 20.2 Å². The first-order valence-corrected chi connectivity index (χ1v) is 9.36. The largest absolute Gasteiger partial charge is 0.381 e. The Balaban J connectivity index is 1.75. The summed E-state index contributed by atoms with van der Waals surface area (Å²) in [6, 6.07) is 6.39. The SMILES string of the molecule is CN(C)Cc1ccc(Cc2cc(NC3CCNCC3)c(C(N)=O)cn2)nc1. The first-order valence-electron chi connectivity index (χ1n) is 9.36. The van der Waals surface area contributed by atoms with Crippen LogP contribution in [-0.4, -0.2) is 54.0 Å². The lowest BCUT2D eigenvalue weighted by Crippen LogP contribution is -2.35. The van der Waals surface area contributed by atoms with Gasteiger partial charge in [0.1, 0.15) is 0 Å². The van der Waals surface area contributed by atoms with Gasteiger partial charge in [0.25, 0.3) is 5.91 Å². The number of pyridine rings is 2. The van der Waals surface area contributed by atoms with Crippen molar-refractivity contribution in [1.29, 1.82) is 0 Å². The molecule has 1 amide bonds. The second-order valence-corrected chi connectivity index (χ2v) is 7.33. The molecule has 0 atom stereocenters. The molecule has 1 aliphatic rings. The number of carbonyl (C=O) groups excluding carboxylic acids is 1. The Kier molecular flexibility index (Phi) is 6.36. The van der Waals surface area contributed by atoms with Gasteiger partial charge in [-0.1, -0.05) is 6.07 Å². The van der Waals surface area contributed by atoms with E-state index >= 15 is 0 Å². The summed E-state index contributed by atoms with van der Waals surface area (Å²) in [6.45, 7) is 2.82. The predicted molar refractivity (Wildman–Crippen MR) is 107 cm³/mol. The van der Waals surface area contributed by atoms with Crippen molar-refractivity contribution in [3.8, 4) is 0 Å². The van der Waals surface area contributed by atoms with Gasteiger partial charge < -0.3 is 21.3 Å². The molecule has 0 radical (unpaired) electrons. The van der Waals surface area contributed by atoms with Gasteiger partial charge >= 0.3 is 0 Å². The van der Waals surface area contributed by atoms with Crippen molar-refractivity contribution in [2.75, 3.05) is 32.5 Å². The molecule has 2 aromatic heterocycles. The molecule has 1 fully saturated rings. The van der Waals surface area contributed by atoms with E-state index in [4.69, 9.17) is 5.73 Å². The lowest BCUT2D eigenvalue weighted by molar-refractivity contribution is 0.100. The van der Waals surface area contributed by atoms with E-state index in [0.717, 1.165) is 49.6 Å². The van der Waals surface area contributed by atoms with Crippen LogP contribution in [0.4, 0.5) is 5.69 Å². The average Bonchev–Trinajstić information content (AvgIpc) is 2.64. The number of amides is 1. The van der Waals surface area contributed by atoms with Gasteiger partial charge in [0, 0.05) is 42.8 Å². The third-order valence-electron chi connectivity index (χ3n) is 4.67. The fourth-order valence-corrected chi connectivity index (χ4v) is 3.30. The zero-order chi connectivity index (χ0) is 19.2. The summed E-state index contributed by atoms with van der Waals surface area (Å²) in [5.74, 6) is -0.461. The number of aromatic nitrogens is 2. The monoisotopic (exact) mass is 368 g/mol. The molecule has 1 saturated heterocycles. The summed E-state index contributed by atoms with van der Waals surface area (Å²) in [7, 11) is 4.07. The second-order valence-electron chi connectivity index (χ2n) is 7.33. The number of nitrogens with zero attached hydrogens (tertiary/aromatic N) is 3. The van der Waals surface area contributed by atoms with E-state index < -0.39 is 5.91 Å². The van der Waals surface area contributed by atoms with Crippen LogP contribution in [0.5, 0.6) is 0 Å². The number of rotatable bonds is 7. The smallest absolute Gasteiger partial charge is 0.252 e. The quantitative estimate of drug-likeness (QED) is 0.683. The molecular formula is C20H28N6O. The molecule has 0 unspecified atom stereocenters. The number of carbonyl (C=O) groups is 1. The zero-order valence-corrected chi connectivity index (χ0v) is 16.0. The summed E-state index contributed by atoms with van der Waals surface area (Å²) < 4.78 is 0. The number of anilines is 1. The van der Waals surface area contributed by atoms with Gasteiger partial charge in [-0.3, -0.25) is 14.8 Å².